The topological polar surface area (TPSA) is 130 Å². The lowest BCUT2D eigenvalue weighted by molar-refractivity contribution is -0.134. The van der Waals surface area contributed by atoms with E-state index in [1.807, 2.05) is 43.3 Å². The summed E-state index contributed by atoms with van der Waals surface area (Å²) in [6.07, 6.45) is 0.480. The highest BCUT2D eigenvalue weighted by Crippen LogP contribution is 2.37. The second-order valence-electron chi connectivity index (χ2n) is 9.82. The van der Waals surface area contributed by atoms with E-state index in [-0.39, 0.29) is 24.2 Å². The van der Waals surface area contributed by atoms with Crippen molar-refractivity contribution in [3.8, 4) is 11.8 Å². The summed E-state index contributed by atoms with van der Waals surface area (Å²) < 4.78 is 5.46. The normalized spacial score (nSPS) is 21.1. The Morgan fingerprint density at radius 2 is 2.16 bits per heavy atom. The van der Waals surface area contributed by atoms with Crippen molar-refractivity contribution in [3.63, 3.8) is 0 Å². The molecule has 3 aromatic rings. The number of carbonyl (C=O) groups excluding carboxylic acids is 2. The average Bonchev–Trinajstić information content (AvgIpc) is 3.52. The van der Waals surface area contributed by atoms with Crippen LogP contribution in [0.3, 0.4) is 0 Å². The Balaban J connectivity index is 1.46. The van der Waals surface area contributed by atoms with E-state index < -0.39 is 18.3 Å². The standard InChI is InChI=1S/C28H31N5O4/c1-16-6-7-20-17(12-16)9-11-33(28(36)23-14-21-22(32-23)4-3-5-24(21)37-2)25(20)27(35)31-19(15-29)13-18-8-10-30-26(18)34/h3-7,12,14,18-19,25,28,32,36H,8-11,13H2,1-2H3,(H,30,34)(H,31,35)/t18-,19-,25+,28?/m0/s1. The molecule has 3 heterocycles. The second-order valence-corrected chi connectivity index (χ2v) is 9.82. The van der Waals surface area contributed by atoms with E-state index in [0.717, 1.165) is 27.6 Å². The van der Waals surface area contributed by atoms with Crippen LogP contribution in [-0.4, -0.2) is 53.0 Å². The number of methoxy groups -OCH3 is 1. The van der Waals surface area contributed by atoms with Crippen molar-refractivity contribution in [1.82, 2.24) is 20.5 Å². The van der Waals surface area contributed by atoms with E-state index in [2.05, 4.69) is 27.8 Å². The predicted molar refractivity (Wildman–Crippen MR) is 137 cm³/mol. The van der Waals surface area contributed by atoms with Crippen LogP contribution in [0.15, 0.2) is 42.5 Å². The maximum Gasteiger partial charge on any atom is 0.243 e. The van der Waals surface area contributed by atoms with Gasteiger partial charge in [0.15, 0.2) is 0 Å². The first-order valence-corrected chi connectivity index (χ1v) is 12.6. The van der Waals surface area contributed by atoms with E-state index >= 15 is 0 Å². The van der Waals surface area contributed by atoms with Crippen LogP contribution in [0.2, 0.25) is 0 Å². The molecule has 1 saturated heterocycles. The van der Waals surface area contributed by atoms with Crippen molar-refractivity contribution in [3.05, 3.63) is 64.8 Å². The lowest BCUT2D eigenvalue weighted by Gasteiger charge is -2.39. The zero-order chi connectivity index (χ0) is 26.1. The van der Waals surface area contributed by atoms with Gasteiger partial charge in [-0.05, 0) is 55.5 Å². The van der Waals surface area contributed by atoms with Gasteiger partial charge in [-0.15, -0.1) is 0 Å². The fourth-order valence-corrected chi connectivity index (χ4v) is 5.52. The fraction of sp³-hybridized carbons (Fsp3) is 0.393. The second kappa shape index (κ2) is 10.2. The molecule has 9 nitrogen and oxygen atoms in total. The number of aromatic nitrogens is 1. The maximum absolute atomic E-state index is 13.7. The summed E-state index contributed by atoms with van der Waals surface area (Å²) in [5.41, 5.74) is 4.31. The number of benzene rings is 2. The highest BCUT2D eigenvalue weighted by molar-refractivity contribution is 5.87. The summed E-state index contributed by atoms with van der Waals surface area (Å²) in [6.45, 7) is 3.04. The van der Waals surface area contributed by atoms with Crippen molar-refractivity contribution in [2.45, 2.75) is 44.5 Å². The van der Waals surface area contributed by atoms with Crippen molar-refractivity contribution in [1.29, 1.82) is 5.26 Å². The number of amides is 2. The number of aliphatic hydroxyl groups excluding tert-OH is 1. The van der Waals surface area contributed by atoms with Gasteiger partial charge >= 0.3 is 0 Å². The van der Waals surface area contributed by atoms with Crippen LogP contribution in [0, 0.1) is 24.2 Å². The summed E-state index contributed by atoms with van der Waals surface area (Å²) in [5.74, 6) is -0.0650. The first-order chi connectivity index (χ1) is 17.9. The van der Waals surface area contributed by atoms with E-state index in [0.29, 0.717) is 37.4 Å². The van der Waals surface area contributed by atoms with Crippen LogP contribution < -0.4 is 15.4 Å². The molecule has 1 unspecified atom stereocenters. The number of aryl methyl sites for hydroxylation is 1. The highest BCUT2D eigenvalue weighted by Gasteiger charge is 2.39. The number of aromatic amines is 1. The molecule has 2 aromatic carbocycles. The molecule has 192 valence electrons. The smallest absolute Gasteiger partial charge is 0.243 e. The van der Waals surface area contributed by atoms with Crippen molar-refractivity contribution >= 4 is 22.7 Å². The Kier molecular flexibility index (Phi) is 6.87. The zero-order valence-electron chi connectivity index (χ0n) is 21.0. The zero-order valence-corrected chi connectivity index (χ0v) is 21.0. The summed E-state index contributed by atoms with van der Waals surface area (Å²) in [4.78, 5) is 30.8. The highest BCUT2D eigenvalue weighted by atomic mass is 16.5. The third kappa shape index (κ3) is 4.78. The molecule has 37 heavy (non-hydrogen) atoms. The Morgan fingerprint density at radius 1 is 1.32 bits per heavy atom. The number of ether oxygens (including phenoxy) is 1. The van der Waals surface area contributed by atoms with Crippen molar-refractivity contribution in [2.75, 3.05) is 20.2 Å². The number of hydrogen-bond donors (Lipinski definition) is 4. The van der Waals surface area contributed by atoms with Gasteiger partial charge in [0.05, 0.1) is 18.9 Å². The summed E-state index contributed by atoms with van der Waals surface area (Å²) in [5, 5.41) is 27.8. The molecule has 2 amide bonds. The van der Waals surface area contributed by atoms with Crippen LogP contribution >= 0.6 is 0 Å². The largest absolute Gasteiger partial charge is 0.496 e. The van der Waals surface area contributed by atoms with Crippen molar-refractivity contribution in [2.24, 2.45) is 5.92 Å². The SMILES string of the molecule is COc1cccc2[nH]c(C(O)N3CCc4cc(C)ccc4[C@@H]3C(=O)N[C@H](C#N)C[C@@H]3CCNC3=O)cc12. The number of nitrogens with one attached hydrogen (secondary N) is 3. The van der Waals surface area contributed by atoms with Crippen LogP contribution in [0.4, 0.5) is 0 Å². The lowest BCUT2D eigenvalue weighted by Crippen LogP contribution is -2.48. The molecule has 2 aliphatic rings. The third-order valence-corrected chi connectivity index (χ3v) is 7.42. The van der Waals surface area contributed by atoms with E-state index in [4.69, 9.17) is 4.74 Å². The van der Waals surface area contributed by atoms with E-state index in [1.54, 1.807) is 12.0 Å². The van der Waals surface area contributed by atoms with Gasteiger partial charge in [0, 0.05) is 29.9 Å². The molecular formula is C28H31N5O4. The minimum Gasteiger partial charge on any atom is -0.496 e. The summed E-state index contributed by atoms with van der Waals surface area (Å²) in [6, 6.07) is 13.9. The molecule has 2 aliphatic heterocycles. The van der Waals surface area contributed by atoms with Gasteiger partial charge in [0.1, 0.15) is 24.1 Å². The number of aliphatic hydroxyl groups is 1. The minimum atomic E-state index is -1.09. The molecule has 0 radical (unpaired) electrons. The summed E-state index contributed by atoms with van der Waals surface area (Å²) in [7, 11) is 1.60. The minimum absolute atomic E-state index is 0.0840. The molecule has 0 bridgehead atoms. The number of H-pyrrole nitrogens is 1. The maximum atomic E-state index is 13.7. The number of nitrogens with zero attached hydrogens (tertiary/aromatic N) is 2. The fourth-order valence-electron chi connectivity index (χ4n) is 5.52. The van der Waals surface area contributed by atoms with Gasteiger partial charge in [-0.1, -0.05) is 29.8 Å². The van der Waals surface area contributed by atoms with Gasteiger partial charge in [-0.25, -0.2) is 0 Å². The van der Waals surface area contributed by atoms with Crippen LogP contribution in [0.1, 0.15) is 47.5 Å². The summed E-state index contributed by atoms with van der Waals surface area (Å²) >= 11 is 0. The van der Waals surface area contributed by atoms with E-state index in [9.17, 15) is 20.0 Å². The molecule has 0 saturated carbocycles. The third-order valence-electron chi connectivity index (χ3n) is 7.42. The first-order valence-electron chi connectivity index (χ1n) is 12.6. The molecule has 5 rings (SSSR count). The molecule has 0 spiro atoms. The monoisotopic (exact) mass is 501 g/mol. The predicted octanol–water partition coefficient (Wildman–Crippen LogP) is 2.61. The quantitative estimate of drug-likeness (QED) is 0.394. The molecule has 1 fully saturated rings. The Hall–Kier alpha value is -3.87. The molecule has 1 aromatic heterocycles. The van der Waals surface area contributed by atoms with Gasteiger partial charge in [-0.2, -0.15) is 5.26 Å². The molecular weight excluding hydrogens is 470 g/mol. The van der Waals surface area contributed by atoms with Crippen LogP contribution in [0.25, 0.3) is 10.9 Å². The Labute approximate surface area is 215 Å². The first kappa shape index (κ1) is 24.8. The molecule has 9 heteroatoms. The number of nitriles is 1. The molecule has 0 aliphatic carbocycles. The number of hydrogen-bond acceptors (Lipinski definition) is 6. The lowest BCUT2D eigenvalue weighted by atomic mass is 9.89. The van der Waals surface area contributed by atoms with Crippen LogP contribution in [0.5, 0.6) is 5.75 Å². The van der Waals surface area contributed by atoms with Gasteiger partial charge in [-0.3, -0.25) is 14.5 Å². The van der Waals surface area contributed by atoms with Gasteiger partial charge < -0.3 is 25.5 Å². The molecule has 4 atom stereocenters. The molecule has 4 N–H and O–H groups in total. The number of rotatable bonds is 7. The van der Waals surface area contributed by atoms with Crippen molar-refractivity contribution < 1.29 is 19.4 Å². The van der Waals surface area contributed by atoms with Crippen LogP contribution in [-0.2, 0) is 16.0 Å². The van der Waals surface area contributed by atoms with E-state index in [1.165, 1.54) is 0 Å². The van der Waals surface area contributed by atoms with Gasteiger partial charge in [0.2, 0.25) is 11.8 Å². The average molecular weight is 502 g/mol. The number of fused-ring (bicyclic) bond motifs is 2. The Morgan fingerprint density at radius 3 is 2.89 bits per heavy atom. The Bertz CT molecular complexity index is 1380. The van der Waals surface area contributed by atoms with Gasteiger partial charge in [0.25, 0.3) is 0 Å². The number of carbonyl (C=O) groups is 2.